The van der Waals surface area contributed by atoms with E-state index in [9.17, 15) is 0 Å². The Balaban J connectivity index is 1.92. The predicted octanol–water partition coefficient (Wildman–Crippen LogP) is 3.11. The summed E-state index contributed by atoms with van der Waals surface area (Å²) in [4.78, 5) is 0. The minimum absolute atomic E-state index is 0.341. The van der Waals surface area contributed by atoms with Crippen molar-refractivity contribution in [1.82, 2.24) is 5.32 Å². The van der Waals surface area contributed by atoms with E-state index in [1.54, 1.807) is 0 Å². The van der Waals surface area contributed by atoms with Gasteiger partial charge in [0.05, 0.1) is 0 Å². The van der Waals surface area contributed by atoms with E-state index < -0.39 is 0 Å². The quantitative estimate of drug-likeness (QED) is 0.850. The molecule has 1 aliphatic rings. The van der Waals surface area contributed by atoms with E-state index in [2.05, 4.69) is 38.2 Å². The number of rotatable bonds is 5. The average molecular weight is 235 g/mol. The lowest BCUT2D eigenvalue weighted by Gasteiger charge is -2.15. The fourth-order valence-corrected chi connectivity index (χ4v) is 1.89. The molecule has 0 saturated carbocycles. The van der Waals surface area contributed by atoms with Crippen molar-refractivity contribution in [2.45, 2.75) is 33.2 Å². The standard InChI is InChI=1S/C14H21NO2/c1-10(2)6-7-15-11(3)12-4-5-13-14(8-12)17-9-16-13/h4-5,8,10-11,15H,6-7,9H2,1-3H3. The zero-order valence-corrected chi connectivity index (χ0v) is 10.8. The van der Waals surface area contributed by atoms with Gasteiger partial charge in [-0.3, -0.25) is 0 Å². The molecule has 1 unspecified atom stereocenters. The van der Waals surface area contributed by atoms with Gasteiger partial charge in [-0.05, 0) is 43.5 Å². The summed E-state index contributed by atoms with van der Waals surface area (Å²) in [6.45, 7) is 8.05. The van der Waals surface area contributed by atoms with Gasteiger partial charge in [-0.25, -0.2) is 0 Å². The first-order chi connectivity index (χ1) is 8.16. The highest BCUT2D eigenvalue weighted by atomic mass is 16.7. The molecule has 0 aliphatic carbocycles. The van der Waals surface area contributed by atoms with E-state index in [0.717, 1.165) is 24.0 Å². The summed E-state index contributed by atoms with van der Waals surface area (Å²) in [5, 5.41) is 3.53. The topological polar surface area (TPSA) is 30.5 Å². The van der Waals surface area contributed by atoms with E-state index in [-0.39, 0.29) is 0 Å². The number of nitrogens with one attached hydrogen (secondary N) is 1. The maximum absolute atomic E-state index is 5.38. The van der Waals surface area contributed by atoms with Gasteiger partial charge >= 0.3 is 0 Å². The van der Waals surface area contributed by atoms with Crippen LogP contribution in [0.1, 0.15) is 38.8 Å². The Kier molecular flexibility index (Phi) is 3.89. The van der Waals surface area contributed by atoms with Crippen molar-refractivity contribution in [3.63, 3.8) is 0 Å². The summed E-state index contributed by atoms with van der Waals surface area (Å²) in [5.41, 5.74) is 1.25. The van der Waals surface area contributed by atoms with E-state index in [0.29, 0.717) is 12.8 Å². The molecule has 3 heteroatoms. The van der Waals surface area contributed by atoms with Gasteiger partial charge in [-0.15, -0.1) is 0 Å². The smallest absolute Gasteiger partial charge is 0.231 e. The second-order valence-corrected chi connectivity index (χ2v) is 4.97. The molecule has 17 heavy (non-hydrogen) atoms. The van der Waals surface area contributed by atoms with Gasteiger partial charge in [0.1, 0.15) is 0 Å². The summed E-state index contributed by atoms with van der Waals surface area (Å²) >= 11 is 0. The molecule has 1 atom stereocenters. The lowest BCUT2D eigenvalue weighted by Crippen LogP contribution is -2.20. The summed E-state index contributed by atoms with van der Waals surface area (Å²) in [6, 6.07) is 6.50. The first kappa shape index (κ1) is 12.2. The van der Waals surface area contributed by atoms with Crippen molar-refractivity contribution in [3.05, 3.63) is 23.8 Å². The van der Waals surface area contributed by atoms with Gasteiger partial charge in [0.25, 0.3) is 0 Å². The molecule has 1 aliphatic heterocycles. The molecule has 94 valence electrons. The predicted molar refractivity (Wildman–Crippen MR) is 68.4 cm³/mol. The first-order valence-electron chi connectivity index (χ1n) is 6.29. The highest BCUT2D eigenvalue weighted by Crippen LogP contribution is 2.34. The van der Waals surface area contributed by atoms with Gasteiger partial charge in [0, 0.05) is 6.04 Å². The van der Waals surface area contributed by atoms with Gasteiger partial charge in [0.15, 0.2) is 11.5 Å². The first-order valence-corrected chi connectivity index (χ1v) is 6.29. The Morgan fingerprint density at radius 3 is 2.71 bits per heavy atom. The SMILES string of the molecule is CC(C)CCNC(C)c1ccc2c(c1)OCO2. The summed E-state index contributed by atoms with van der Waals surface area (Å²) in [7, 11) is 0. The largest absolute Gasteiger partial charge is 0.454 e. The Morgan fingerprint density at radius 1 is 1.18 bits per heavy atom. The second-order valence-electron chi connectivity index (χ2n) is 4.97. The van der Waals surface area contributed by atoms with Crippen molar-refractivity contribution in [3.8, 4) is 11.5 Å². The van der Waals surface area contributed by atoms with Gasteiger partial charge < -0.3 is 14.8 Å². The number of fused-ring (bicyclic) bond motifs is 1. The number of hydrogen-bond donors (Lipinski definition) is 1. The van der Waals surface area contributed by atoms with Crippen molar-refractivity contribution in [2.75, 3.05) is 13.3 Å². The summed E-state index contributed by atoms with van der Waals surface area (Å²) in [6.07, 6.45) is 1.20. The van der Waals surface area contributed by atoms with E-state index in [1.165, 1.54) is 12.0 Å². The second kappa shape index (κ2) is 5.41. The van der Waals surface area contributed by atoms with Crippen LogP contribution >= 0.6 is 0 Å². The molecule has 0 spiro atoms. The van der Waals surface area contributed by atoms with E-state index >= 15 is 0 Å². The van der Waals surface area contributed by atoms with Crippen LogP contribution in [-0.2, 0) is 0 Å². The fraction of sp³-hybridized carbons (Fsp3) is 0.571. The maximum Gasteiger partial charge on any atom is 0.231 e. The van der Waals surface area contributed by atoms with Crippen molar-refractivity contribution in [2.24, 2.45) is 5.92 Å². The molecule has 1 N–H and O–H groups in total. The molecule has 0 aromatic heterocycles. The van der Waals surface area contributed by atoms with Crippen LogP contribution in [0.4, 0.5) is 0 Å². The van der Waals surface area contributed by atoms with E-state index in [4.69, 9.17) is 9.47 Å². The molecule has 1 aromatic rings. The minimum atomic E-state index is 0.341. The zero-order chi connectivity index (χ0) is 12.3. The third kappa shape index (κ3) is 3.13. The molecule has 0 radical (unpaired) electrons. The highest BCUT2D eigenvalue weighted by molar-refractivity contribution is 5.45. The van der Waals surface area contributed by atoms with Gasteiger partial charge in [0.2, 0.25) is 6.79 Å². The Morgan fingerprint density at radius 2 is 1.94 bits per heavy atom. The monoisotopic (exact) mass is 235 g/mol. The molecular weight excluding hydrogens is 214 g/mol. The normalized spacial score (nSPS) is 15.3. The Bertz CT molecular complexity index is 376. The van der Waals surface area contributed by atoms with Crippen LogP contribution in [0.5, 0.6) is 11.5 Å². The molecule has 0 fully saturated rings. The molecule has 0 amide bonds. The number of ether oxygens (including phenoxy) is 2. The summed E-state index contributed by atoms with van der Waals surface area (Å²) in [5.74, 6) is 2.45. The molecule has 1 aromatic carbocycles. The lowest BCUT2D eigenvalue weighted by atomic mass is 10.1. The molecule has 1 heterocycles. The van der Waals surface area contributed by atoms with Gasteiger partial charge in [-0.2, -0.15) is 0 Å². The van der Waals surface area contributed by atoms with Gasteiger partial charge in [-0.1, -0.05) is 19.9 Å². The Hall–Kier alpha value is -1.22. The van der Waals surface area contributed by atoms with Crippen LogP contribution in [0, 0.1) is 5.92 Å². The molecular formula is C14H21NO2. The zero-order valence-electron chi connectivity index (χ0n) is 10.8. The number of benzene rings is 1. The van der Waals surface area contributed by atoms with Crippen LogP contribution < -0.4 is 14.8 Å². The molecule has 2 rings (SSSR count). The van der Waals surface area contributed by atoms with Crippen LogP contribution in [0.15, 0.2) is 18.2 Å². The Labute approximate surface area is 103 Å². The van der Waals surface area contributed by atoms with Crippen LogP contribution in [0.2, 0.25) is 0 Å². The molecule has 0 bridgehead atoms. The highest BCUT2D eigenvalue weighted by Gasteiger charge is 2.15. The minimum Gasteiger partial charge on any atom is -0.454 e. The third-order valence-electron chi connectivity index (χ3n) is 3.07. The average Bonchev–Trinajstić information content (AvgIpc) is 2.75. The van der Waals surface area contributed by atoms with Crippen LogP contribution in [0.25, 0.3) is 0 Å². The van der Waals surface area contributed by atoms with Crippen LogP contribution in [0.3, 0.4) is 0 Å². The number of hydrogen-bond acceptors (Lipinski definition) is 3. The van der Waals surface area contributed by atoms with Crippen molar-refractivity contribution >= 4 is 0 Å². The third-order valence-corrected chi connectivity index (χ3v) is 3.07. The lowest BCUT2D eigenvalue weighted by molar-refractivity contribution is 0.174. The maximum atomic E-state index is 5.38. The van der Waals surface area contributed by atoms with Crippen LogP contribution in [-0.4, -0.2) is 13.3 Å². The summed E-state index contributed by atoms with van der Waals surface area (Å²) < 4.78 is 10.7. The van der Waals surface area contributed by atoms with Crippen molar-refractivity contribution in [1.29, 1.82) is 0 Å². The van der Waals surface area contributed by atoms with E-state index in [1.807, 2.05) is 6.07 Å². The molecule has 3 nitrogen and oxygen atoms in total. The fourth-order valence-electron chi connectivity index (χ4n) is 1.89. The van der Waals surface area contributed by atoms with Crippen molar-refractivity contribution < 1.29 is 9.47 Å². The molecule has 0 saturated heterocycles.